The summed E-state index contributed by atoms with van der Waals surface area (Å²) < 4.78 is 5.82. The molecule has 1 aliphatic carbocycles. The van der Waals surface area contributed by atoms with E-state index in [1.165, 1.54) is 6.42 Å². The Balaban J connectivity index is 1.51. The first-order valence-corrected chi connectivity index (χ1v) is 12.7. The highest BCUT2D eigenvalue weighted by molar-refractivity contribution is 5.91. The van der Waals surface area contributed by atoms with Gasteiger partial charge in [0.1, 0.15) is 11.6 Å². The van der Waals surface area contributed by atoms with Crippen LogP contribution in [-0.2, 0) is 22.4 Å². The normalized spacial score (nSPS) is 20.5. The van der Waals surface area contributed by atoms with Crippen LogP contribution in [0.4, 0.5) is 4.79 Å². The average Bonchev–Trinajstić information content (AvgIpc) is 3.23. The van der Waals surface area contributed by atoms with Crippen molar-refractivity contribution in [3.63, 3.8) is 0 Å². The van der Waals surface area contributed by atoms with E-state index < -0.39 is 11.6 Å². The highest BCUT2D eigenvalue weighted by atomic mass is 16.6. The predicted octanol–water partition coefficient (Wildman–Crippen LogP) is 5.52. The number of rotatable bonds is 8. The van der Waals surface area contributed by atoms with E-state index in [0.29, 0.717) is 18.8 Å². The number of aromatic amines is 1. The quantitative estimate of drug-likeness (QED) is 0.401. The number of carbonyl (C=O) groups excluding carboxylic acids is 2. The molecule has 0 radical (unpaired) electrons. The fraction of sp³-hybridized carbons (Fsp3) is 0.448. The highest BCUT2D eigenvalue weighted by Gasteiger charge is 2.38. The third-order valence-corrected chi connectivity index (χ3v) is 7.15. The number of carbonyl (C=O) groups is 2. The van der Waals surface area contributed by atoms with Gasteiger partial charge in [-0.2, -0.15) is 0 Å². The summed E-state index contributed by atoms with van der Waals surface area (Å²) in [5, 5.41) is 7.12. The van der Waals surface area contributed by atoms with Crippen LogP contribution in [0.1, 0.15) is 57.6 Å². The number of ether oxygens (including phenoxy) is 1. The number of fused-ring (bicyclic) bond motifs is 1. The van der Waals surface area contributed by atoms with Crippen molar-refractivity contribution < 1.29 is 14.3 Å². The van der Waals surface area contributed by atoms with Gasteiger partial charge in [0.25, 0.3) is 0 Å². The van der Waals surface area contributed by atoms with Crippen molar-refractivity contribution in [2.24, 2.45) is 5.92 Å². The number of aromatic nitrogens is 1. The molecule has 1 saturated carbocycles. The molecule has 6 nitrogen and oxygen atoms in total. The van der Waals surface area contributed by atoms with Crippen molar-refractivity contribution in [3.05, 3.63) is 71.9 Å². The molecule has 4 atom stereocenters. The Morgan fingerprint density at radius 3 is 2.57 bits per heavy atom. The molecule has 0 bridgehead atoms. The number of hydrogen-bond donors (Lipinski definition) is 3. The molecule has 3 N–H and O–H groups in total. The third-order valence-electron chi connectivity index (χ3n) is 7.15. The van der Waals surface area contributed by atoms with Gasteiger partial charge < -0.3 is 20.4 Å². The number of alkyl carbamates (subject to hydrolysis) is 1. The van der Waals surface area contributed by atoms with Gasteiger partial charge in [0.15, 0.2) is 0 Å². The Hall–Kier alpha value is -3.28. The summed E-state index contributed by atoms with van der Waals surface area (Å²) in [4.78, 5) is 29.9. The second-order valence-electron chi connectivity index (χ2n) is 10.3. The van der Waals surface area contributed by atoms with E-state index in [1.54, 1.807) is 6.92 Å². The summed E-state index contributed by atoms with van der Waals surface area (Å²) >= 11 is 0. The van der Waals surface area contributed by atoms with Crippen LogP contribution in [0.15, 0.2) is 60.8 Å². The molecule has 6 heteroatoms. The SMILES string of the molecule is CC(Cc1ccccc1)NC(=O)C(C)(Cc1c[nH]c2ccccc12)NC(=O)OC1CCCCC1C. The maximum absolute atomic E-state index is 13.6. The van der Waals surface area contributed by atoms with Crippen molar-refractivity contribution in [2.45, 2.75) is 77.0 Å². The lowest BCUT2D eigenvalue weighted by molar-refractivity contribution is -0.127. The van der Waals surface area contributed by atoms with Gasteiger partial charge in [-0.05, 0) is 62.6 Å². The van der Waals surface area contributed by atoms with Gasteiger partial charge >= 0.3 is 6.09 Å². The van der Waals surface area contributed by atoms with Crippen LogP contribution < -0.4 is 10.6 Å². The minimum absolute atomic E-state index is 0.0941. The molecule has 1 aliphatic rings. The Labute approximate surface area is 207 Å². The molecule has 4 unspecified atom stereocenters. The largest absolute Gasteiger partial charge is 0.446 e. The van der Waals surface area contributed by atoms with Gasteiger partial charge in [-0.25, -0.2) is 4.79 Å². The smallest absolute Gasteiger partial charge is 0.408 e. The second-order valence-corrected chi connectivity index (χ2v) is 10.3. The Morgan fingerprint density at radius 2 is 1.80 bits per heavy atom. The standard InChI is InChI=1S/C29H37N3O3/c1-20-11-7-10-16-26(20)35-28(34)32-29(3,18-23-19-30-25-15-9-8-14-24(23)25)27(33)31-21(2)17-22-12-5-4-6-13-22/h4-6,8-9,12-15,19-21,26,30H,7,10-11,16-18H2,1-3H3,(H,31,33)(H,32,34). The maximum Gasteiger partial charge on any atom is 0.408 e. The molecular formula is C29H37N3O3. The molecule has 4 rings (SSSR count). The van der Waals surface area contributed by atoms with E-state index in [9.17, 15) is 9.59 Å². The summed E-state index contributed by atoms with van der Waals surface area (Å²) in [5.41, 5.74) is 1.95. The summed E-state index contributed by atoms with van der Waals surface area (Å²) in [6.45, 7) is 5.89. The zero-order chi connectivity index (χ0) is 24.8. The van der Waals surface area contributed by atoms with Crippen molar-refractivity contribution in [2.75, 3.05) is 0 Å². The molecule has 1 aromatic heterocycles. The number of para-hydroxylation sites is 1. The van der Waals surface area contributed by atoms with E-state index in [-0.39, 0.29) is 18.1 Å². The van der Waals surface area contributed by atoms with Crippen molar-refractivity contribution >= 4 is 22.9 Å². The highest BCUT2D eigenvalue weighted by Crippen LogP contribution is 2.27. The molecule has 186 valence electrons. The summed E-state index contributed by atoms with van der Waals surface area (Å²) in [7, 11) is 0. The molecule has 1 heterocycles. The third kappa shape index (κ3) is 6.24. The van der Waals surface area contributed by atoms with Gasteiger partial charge in [-0.1, -0.05) is 61.9 Å². The van der Waals surface area contributed by atoms with Gasteiger partial charge in [-0.3, -0.25) is 4.79 Å². The number of hydrogen-bond acceptors (Lipinski definition) is 3. The van der Waals surface area contributed by atoms with E-state index in [2.05, 4.69) is 34.7 Å². The van der Waals surface area contributed by atoms with Crippen molar-refractivity contribution in [3.8, 4) is 0 Å². The van der Waals surface area contributed by atoms with E-state index in [1.807, 2.05) is 55.6 Å². The van der Waals surface area contributed by atoms with Crippen molar-refractivity contribution in [1.82, 2.24) is 15.6 Å². The van der Waals surface area contributed by atoms with E-state index in [0.717, 1.165) is 41.3 Å². The molecule has 3 aromatic rings. The van der Waals surface area contributed by atoms with Crippen LogP contribution in [0.2, 0.25) is 0 Å². The molecule has 35 heavy (non-hydrogen) atoms. The second kappa shape index (κ2) is 11.0. The number of H-pyrrole nitrogens is 1. The van der Waals surface area contributed by atoms with Crippen LogP contribution in [0.5, 0.6) is 0 Å². The first-order valence-electron chi connectivity index (χ1n) is 12.7. The minimum Gasteiger partial charge on any atom is -0.446 e. The summed E-state index contributed by atoms with van der Waals surface area (Å²) in [5.74, 6) is 0.106. The zero-order valence-electron chi connectivity index (χ0n) is 21.0. The predicted molar refractivity (Wildman–Crippen MR) is 139 cm³/mol. The minimum atomic E-state index is -1.18. The number of nitrogens with one attached hydrogen (secondary N) is 3. The first kappa shape index (κ1) is 24.8. The fourth-order valence-electron chi connectivity index (χ4n) is 5.09. The van der Waals surface area contributed by atoms with Crippen LogP contribution >= 0.6 is 0 Å². The lowest BCUT2D eigenvalue weighted by Gasteiger charge is -2.33. The van der Waals surface area contributed by atoms with E-state index >= 15 is 0 Å². The van der Waals surface area contributed by atoms with Gasteiger partial charge in [0, 0.05) is 29.6 Å². The molecule has 1 fully saturated rings. The van der Waals surface area contributed by atoms with Crippen LogP contribution in [-0.4, -0.2) is 34.7 Å². The topological polar surface area (TPSA) is 83.2 Å². The van der Waals surface area contributed by atoms with Crippen molar-refractivity contribution in [1.29, 1.82) is 0 Å². The Kier molecular flexibility index (Phi) is 7.79. The van der Waals surface area contributed by atoms with Crippen LogP contribution in [0, 0.1) is 5.92 Å². The Morgan fingerprint density at radius 1 is 1.09 bits per heavy atom. The molecule has 2 aromatic carbocycles. The number of amides is 2. The Bertz CT molecular complexity index is 1140. The maximum atomic E-state index is 13.6. The molecule has 0 saturated heterocycles. The van der Waals surface area contributed by atoms with Crippen LogP contribution in [0.3, 0.4) is 0 Å². The fourth-order valence-corrected chi connectivity index (χ4v) is 5.09. The molecule has 0 spiro atoms. The lowest BCUT2D eigenvalue weighted by atomic mass is 9.88. The van der Waals surface area contributed by atoms with Gasteiger partial charge in [-0.15, -0.1) is 0 Å². The summed E-state index contributed by atoms with van der Waals surface area (Å²) in [6.07, 6.45) is 6.49. The average molecular weight is 476 g/mol. The summed E-state index contributed by atoms with van der Waals surface area (Å²) in [6, 6.07) is 18.0. The van der Waals surface area contributed by atoms with Gasteiger partial charge in [0.2, 0.25) is 5.91 Å². The molecule has 0 aliphatic heterocycles. The number of benzene rings is 2. The monoisotopic (exact) mass is 475 g/mol. The van der Waals surface area contributed by atoms with Gasteiger partial charge in [0.05, 0.1) is 0 Å². The first-order chi connectivity index (χ1) is 16.8. The zero-order valence-corrected chi connectivity index (χ0v) is 21.0. The molecule has 2 amide bonds. The van der Waals surface area contributed by atoms with E-state index in [4.69, 9.17) is 4.74 Å². The van der Waals surface area contributed by atoms with Crippen LogP contribution in [0.25, 0.3) is 10.9 Å². The lowest BCUT2D eigenvalue weighted by Crippen LogP contribution is -2.60. The molecular weight excluding hydrogens is 438 g/mol.